The third kappa shape index (κ3) is 24.9. The Morgan fingerprint density at radius 2 is 2.08 bits per heavy atom. The molecule has 0 aliphatic rings. The van der Waals surface area contributed by atoms with Gasteiger partial charge >= 0.3 is 0 Å². The predicted octanol–water partition coefficient (Wildman–Crippen LogP) is 3.67. The summed E-state index contributed by atoms with van der Waals surface area (Å²) < 4.78 is 0. The highest BCUT2D eigenvalue weighted by Gasteiger charge is 1.79. The fourth-order valence-electron chi connectivity index (χ4n) is 0.344. The molecular weight excluding hydrogens is 164 g/mol. The minimum absolute atomic E-state index is 0. The normalized spacial score (nSPS) is 9.54. The number of aliphatic hydroxyl groups is 1. The van der Waals surface area contributed by atoms with Crippen LogP contribution >= 0.6 is 0 Å². The number of aliphatic hydroxyl groups excluding tert-OH is 1. The van der Waals surface area contributed by atoms with Crippen LogP contribution in [-0.4, -0.2) is 11.4 Å². The minimum atomic E-state index is 0. The molecule has 0 aliphatic carbocycles. The van der Waals surface area contributed by atoms with E-state index in [0.717, 1.165) is 6.29 Å². The van der Waals surface area contributed by atoms with Crippen molar-refractivity contribution in [3.8, 4) is 0 Å². The van der Waals surface area contributed by atoms with Crippen LogP contribution in [0.1, 0.15) is 29.1 Å². The van der Waals surface area contributed by atoms with Crippen molar-refractivity contribution in [2.75, 3.05) is 0 Å². The summed E-state index contributed by atoms with van der Waals surface area (Å²) in [6.07, 6.45) is 7.78. The average molecular weight is 186 g/mol. The zero-order chi connectivity index (χ0) is 9.82. The highest BCUT2D eigenvalue weighted by Crippen LogP contribution is 1.93. The first-order chi connectivity index (χ1) is 5.72. The van der Waals surface area contributed by atoms with Gasteiger partial charge in [-0.25, -0.2) is 0 Å². The fourth-order valence-corrected chi connectivity index (χ4v) is 0.344. The van der Waals surface area contributed by atoms with Crippen LogP contribution in [0.5, 0.6) is 0 Å². The van der Waals surface area contributed by atoms with Gasteiger partial charge in [-0.3, -0.25) is 4.79 Å². The maximum atomic E-state index is 9.32. The third-order valence-electron chi connectivity index (χ3n) is 0.958. The van der Waals surface area contributed by atoms with Gasteiger partial charge in [-0.15, -0.1) is 6.58 Å². The van der Waals surface area contributed by atoms with Gasteiger partial charge in [0.05, 0.1) is 5.76 Å². The number of carbonyl (C=O) groups excluding carboxylic acids is 1. The molecule has 0 rings (SSSR count). The van der Waals surface area contributed by atoms with Crippen molar-refractivity contribution in [2.24, 2.45) is 0 Å². The molecule has 0 spiro atoms. The zero-order valence-electron chi connectivity index (χ0n) is 7.66. The van der Waals surface area contributed by atoms with E-state index < -0.39 is 0 Å². The molecule has 13 heavy (non-hydrogen) atoms. The van der Waals surface area contributed by atoms with Crippen LogP contribution in [0.2, 0.25) is 0 Å². The topological polar surface area (TPSA) is 37.3 Å². The molecule has 0 aromatic carbocycles. The Morgan fingerprint density at radius 3 is 2.15 bits per heavy atom. The van der Waals surface area contributed by atoms with Gasteiger partial charge in [0.1, 0.15) is 6.29 Å². The molecule has 0 amide bonds. The largest absolute Gasteiger partial charge is 0.512 e. The lowest BCUT2D eigenvalue weighted by Gasteiger charge is -1.86. The smallest absolute Gasteiger partial charge is 0.142 e. The molecule has 78 valence electrons. The molecule has 2 nitrogen and oxygen atoms in total. The van der Waals surface area contributed by atoms with Gasteiger partial charge in [0.25, 0.3) is 0 Å². The lowest BCUT2D eigenvalue weighted by Crippen LogP contribution is -1.72. The van der Waals surface area contributed by atoms with Crippen LogP contribution in [0.25, 0.3) is 0 Å². The summed E-state index contributed by atoms with van der Waals surface area (Å²) in [5.74, 6) is 0.384. The van der Waals surface area contributed by atoms with Gasteiger partial charge in [-0.2, -0.15) is 0 Å². The number of rotatable bonds is 3. The fraction of sp³-hybridized carbons (Fsp3) is 0.364. The van der Waals surface area contributed by atoms with Crippen LogP contribution < -0.4 is 0 Å². The Balaban J connectivity index is -0.0000000651. The molecule has 0 radical (unpaired) electrons. The van der Waals surface area contributed by atoms with E-state index >= 15 is 0 Å². The number of aldehydes is 1. The van der Waals surface area contributed by atoms with Crippen molar-refractivity contribution in [2.45, 2.75) is 27.7 Å². The van der Waals surface area contributed by atoms with Crippen LogP contribution in [-0.2, 0) is 4.79 Å². The highest BCUT2D eigenvalue weighted by atomic mass is 16.3. The highest BCUT2D eigenvalue weighted by molar-refractivity contribution is 5.64. The molecule has 0 aromatic rings. The first kappa shape index (κ1) is 17.7. The number of hydrogen-bond acceptors (Lipinski definition) is 2. The molecule has 0 saturated heterocycles. The maximum Gasteiger partial charge on any atom is 0.142 e. The second-order valence-electron chi connectivity index (χ2n) is 1.93. The second kappa shape index (κ2) is 17.0. The summed E-state index contributed by atoms with van der Waals surface area (Å²) in [6.45, 7) is 7.04. The van der Waals surface area contributed by atoms with Gasteiger partial charge < -0.3 is 5.11 Å². The van der Waals surface area contributed by atoms with Crippen LogP contribution in [0, 0.1) is 0 Å². The van der Waals surface area contributed by atoms with Crippen molar-refractivity contribution in [3.63, 3.8) is 0 Å². The van der Waals surface area contributed by atoms with E-state index in [9.17, 15) is 4.79 Å². The Kier molecular flexibility index (Phi) is 23.1. The third-order valence-corrected chi connectivity index (χ3v) is 0.958. The molecule has 0 fully saturated rings. The van der Waals surface area contributed by atoms with Crippen LogP contribution in [0.15, 0.2) is 36.6 Å². The van der Waals surface area contributed by atoms with Crippen molar-refractivity contribution in [3.05, 3.63) is 36.6 Å². The summed E-state index contributed by atoms with van der Waals surface area (Å²) in [7, 11) is 0. The Labute approximate surface area is 82.8 Å². The SMILES string of the molecule is C.C=CCC(O)=CC.CC=CC=O.[HH]. The van der Waals surface area contributed by atoms with E-state index in [4.69, 9.17) is 5.11 Å². The quantitative estimate of drug-likeness (QED) is 0.316. The molecular formula is C11H22O2. The van der Waals surface area contributed by atoms with Crippen molar-refractivity contribution < 1.29 is 11.3 Å². The van der Waals surface area contributed by atoms with Crippen LogP contribution in [0.3, 0.4) is 0 Å². The molecule has 0 saturated carbocycles. The van der Waals surface area contributed by atoms with Crippen molar-refractivity contribution >= 4 is 6.29 Å². The van der Waals surface area contributed by atoms with Crippen molar-refractivity contribution in [1.29, 1.82) is 0 Å². The summed E-state index contributed by atoms with van der Waals surface area (Å²) in [5, 5.41) is 8.65. The van der Waals surface area contributed by atoms with Gasteiger partial charge in [0, 0.05) is 7.85 Å². The van der Waals surface area contributed by atoms with E-state index in [-0.39, 0.29) is 8.85 Å². The lowest BCUT2D eigenvalue weighted by atomic mass is 10.3. The summed E-state index contributed by atoms with van der Waals surface area (Å²) in [5.41, 5.74) is 0. The minimum Gasteiger partial charge on any atom is -0.512 e. The summed E-state index contributed by atoms with van der Waals surface area (Å²) in [6, 6.07) is 0. The summed E-state index contributed by atoms with van der Waals surface area (Å²) >= 11 is 0. The Morgan fingerprint density at radius 1 is 1.54 bits per heavy atom. The second-order valence-corrected chi connectivity index (χ2v) is 1.93. The van der Waals surface area contributed by atoms with Gasteiger partial charge in [-0.1, -0.05) is 19.6 Å². The number of allylic oxidation sites excluding steroid dienone is 4. The van der Waals surface area contributed by atoms with E-state index in [1.54, 1.807) is 32.1 Å². The number of hydrogen-bond donors (Lipinski definition) is 1. The first-order valence-electron chi connectivity index (χ1n) is 3.74. The molecule has 0 bridgehead atoms. The van der Waals surface area contributed by atoms with Gasteiger partial charge in [0.2, 0.25) is 0 Å². The summed E-state index contributed by atoms with van der Waals surface area (Å²) in [4.78, 5) is 9.32. The molecule has 2 heteroatoms. The monoisotopic (exact) mass is 186 g/mol. The maximum absolute atomic E-state index is 9.32. The molecule has 0 heterocycles. The van der Waals surface area contributed by atoms with E-state index in [0.29, 0.717) is 12.2 Å². The first-order valence-corrected chi connectivity index (χ1v) is 3.74. The van der Waals surface area contributed by atoms with Crippen molar-refractivity contribution in [1.82, 2.24) is 0 Å². The van der Waals surface area contributed by atoms with Crippen LogP contribution in [0.4, 0.5) is 0 Å². The van der Waals surface area contributed by atoms with E-state index in [1.165, 1.54) is 6.08 Å². The predicted molar refractivity (Wildman–Crippen MR) is 60.9 cm³/mol. The van der Waals surface area contributed by atoms with E-state index in [2.05, 4.69) is 6.58 Å². The number of carbonyl (C=O) groups is 1. The molecule has 0 aliphatic heterocycles. The zero-order valence-corrected chi connectivity index (χ0v) is 7.66. The van der Waals surface area contributed by atoms with Gasteiger partial charge in [-0.05, 0) is 26.0 Å². The van der Waals surface area contributed by atoms with Gasteiger partial charge in [0.15, 0.2) is 0 Å². The average Bonchev–Trinajstić information content (AvgIpc) is 2.07. The standard InChI is InChI=1S/C6H10O.C4H6O.CH4.H2/c1-3-5-6(7)4-2;1-2-3-4-5;;/h3-4,7H,1,5H2,2H3;2-4H,1H3;1H4;1H. The molecule has 1 N–H and O–H groups in total. The lowest BCUT2D eigenvalue weighted by molar-refractivity contribution is -0.104. The Hall–Kier alpha value is -1.31. The molecule has 0 aromatic heterocycles. The molecule has 0 unspecified atom stereocenters. The molecule has 0 atom stereocenters. The van der Waals surface area contributed by atoms with E-state index in [1.807, 2.05) is 0 Å². The Bertz CT molecular complexity index is 172.